The third kappa shape index (κ3) is 7.57. The molecule has 2 aromatic carbocycles. The first kappa shape index (κ1) is 28.7. The normalized spacial score (nSPS) is 11.5. The third-order valence-electron chi connectivity index (χ3n) is 5.56. The van der Waals surface area contributed by atoms with Crippen molar-refractivity contribution in [1.82, 2.24) is 20.2 Å². The van der Waals surface area contributed by atoms with Crippen LogP contribution in [-0.2, 0) is 17.9 Å². The second-order valence-electron chi connectivity index (χ2n) is 9.61. The van der Waals surface area contributed by atoms with Crippen LogP contribution in [0.25, 0.3) is 11.3 Å². The number of benzene rings is 2. The summed E-state index contributed by atoms with van der Waals surface area (Å²) in [5.74, 6) is -0.647. The molecule has 1 aromatic heterocycles. The number of nitrogen functional groups attached to an aromatic ring is 1. The lowest BCUT2D eigenvalue weighted by Crippen LogP contribution is -2.35. The summed E-state index contributed by atoms with van der Waals surface area (Å²) in [4.78, 5) is 43.3. The molecular weight excluding hydrogens is 500 g/mol. The van der Waals surface area contributed by atoms with Crippen LogP contribution in [0.4, 0.5) is 11.5 Å². The standard InChI is InChI=1S/C27H34N8O4/c1-15(2)32-25-27(38)35(14-23(36)30-12-17-5-7-18(8-6-17)24(29)34-39)22(13-31-25)19-9-20(11-21(28)10-19)26(37)33-16(3)4/h5-11,13,15-16,39H,12,14,28H2,1-4H3,(H2,29,34)(H,30,36)(H,31,32)(H,33,37). The molecule has 0 aliphatic carbocycles. The summed E-state index contributed by atoms with van der Waals surface area (Å²) < 4.78 is 1.30. The average Bonchev–Trinajstić information content (AvgIpc) is 2.88. The largest absolute Gasteiger partial charge is 0.409 e. The Kier molecular flexibility index (Phi) is 9.26. The van der Waals surface area contributed by atoms with Gasteiger partial charge in [-0.25, -0.2) is 4.98 Å². The highest BCUT2D eigenvalue weighted by atomic mass is 16.4. The summed E-state index contributed by atoms with van der Waals surface area (Å²) in [5, 5.41) is 20.4. The van der Waals surface area contributed by atoms with Crippen LogP contribution in [0.5, 0.6) is 0 Å². The summed E-state index contributed by atoms with van der Waals surface area (Å²) in [7, 11) is 0. The highest BCUT2D eigenvalue weighted by Crippen LogP contribution is 2.23. The topological polar surface area (TPSA) is 190 Å². The molecule has 0 saturated heterocycles. The van der Waals surface area contributed by atoms with Crippen molar-refractivity contribution in [3.05, 3.63) is 75.7 Å². The van der Waals surface area contributed by atoms with E-state index in [0.717, 1.165) is 5.56 Å². The van der Waals surface area contributed by atoms with Gasteiger partial charge in [-0.15, -0.1) is 0 Å². The quantitative estimate of drug-likeness (QED) is 0.0746. The summed E-state index contributed by atoms with van der Waals surface area (Å²) >= 11 is 0. The average molecular weight is 535 g/mol. The molecule has 0 saturated carbocycles. The van der Waals surface area contributed by atoms with Gasteiger partial charge in [0.05, 0.1) is 11.9 Å². The maximum Gasteiger partial charge on any atom is 0.294 e. The lowest BCUT2D eigenvalue weighted by Gasteiger charge is -2.17. The first-order valence-corrected chi connectivity index (χ1v) is 12.4. The minimum atomic E-state index is -0.491. The molecule has 0 spiro atoms. The van der Waals surface area contributed by atoms with Crippen LogP contribution in [-0.4, -0.2) is 44.5 Å². The number of nitrogens with zero attached hydrogens (tertiary/aromatic N) is 3. The number of nitrogens with two attached hydrogens (primary N) is 2. The SMILES string of the molecule is CC(C)NC(=O)c1cc(N)cc(-c2cnc(NC(C)C)c(=O)n2CC(=O)NCc2ccc(/C(N)=N/O)cc2)c1. The molecular formula is C27H34N8O4. The van der Waals surface area contributed by atoms with E-state index < -0.39 is 11.5 Å². The van der Waals surface area contributed by atoms with E-state index in [1.54, 1.807) is 42.5 Å². The zero-order valence-electron chi connectivity index (χ0n) is 22.4. The van der Waals surface area contributed by atoms with Gasteiger partial charge in [-0.1, -0.05) is 29.4 Å². The molecule has 0 unspecified atom stereocenters. The molecule has 39 heavy (non-hydrogen) atoms. The van der Waals surface area contributed by atoms with Crippen molar-refractivity contribution >= 4 is 29.2 Å². The smallest absolute Gasteiger partial charge is 0.294 e. The summed E-state index contributed by atoms with van der Waals surface area (Å²) in [5.41, 5.74) is 13.9. The molecule has 3 rings (SSSR count). The van der Waals surface area contributed by atoms with Crippen LogP contribution >= 0.6 is 0 Å². The number of anilines is 2. The highest BCUT2D eigenvalue weighted by molar-refractivity contribution is 5.97. The van der Waals surface area contributed by atoms with Gasteiger partial charge in [0.25, 0.3) is 11.5 Å². The molecule has 1 heterocycles. The maximum absolute atomic E-state index is 13.4. The predicted octanol–water partition coefficient (Wildman–Crippen LogP) is 1.86. The van der Waals surface area contributed by atoms with E-state index in [1.807, 2.05) is 27.7 Å². The van der Waals surface area contributed by atoms with Crippen LogP contribution in [0.3, 0.4) is 0 Å². The van der Waals surface area contributed by atoms with Crippen molar-refractivity contribution in [2.45, 2.75) is 52.9 Å². The highest BCUT2D eigenvalue weighted by Gasteiger charge is 2.18. The van der Waals surface area contributed by atoms with E-state index >= 15 is 0 Å². The number of rotatable bonds is 10. The van der Waals surface area contributed by atoms with Crippen LogP contribution in [0.1, 0.15) is 49.2 Å². The van der Waals surface area contributed by atoms with Gasteiger partial charge in [-0.3, -0.25) is 19.0 Å². The third-order valence-corrected chi connectivity index (χ3v) is 5.56. The Balaban J connectivity index is 1.92. The fourth-order valence-corrected chi connectivity index (χ4v) is 3.78. The lowest BCUT2D eigenvalue weighted by atomic mass is 10.1. The van der Waals surface area contributed by atoms with Gasteiger partial charge in [0, 0.05) is 41.0 Å². The number of oxime groups is 1. The minimum Gasteiger partial charge on any atom is -0.409 e. The Hall–Kier alpha value is -4.87. The van der Waals surface area contributed by atoms with E-state index in [0.29, 0.717) is 28.1 Å². The Morgan fingerprint density at radius 1 is 1.05 bits per heavy atom. The molecule has 0 bridgehead atoms. The lowest BCUT2D eigenvalue weighted by molar-refractivity contribution is -0.121. The number of carbonyl (C=O) groups is 2. The van der Waals surface area contributed by atoms with Gasteiger partial charge in [-0.05, 0) is 51.5 Å². The minimum absolute atomic E-state index is 0.0209. The summed E-state index contributed by atoms with van der Waals surface area (Å²) in [6.07, 6.45) is 1.48. The number of carbonyl (C=O) groups excluding carboxylic acids is 2. The van der Waals surface area contributed by atoms with Crippen molar-refractivity contribution in [2.75, 3.05) is 11.1 Å². The zero-order valence-corrected chi connectivity index (χ0v) is 22.4. The number of nitrogens with one attached hydrogen (secondary N) is 3. The number of amidine groups is 1. The van der Waals surface area contributed by atoms with Crippen LogP contribution < -0.4 is 33.0 Å². The van der Waals surface area contributed by atoms with Gasteiger partial charge in [0.2, 0.25) is 5.91 Å². The Labute approximate surface area is 226 Å². The van der Waals surface area contributed by atoms with Gasteiger partial charge in [0.15, 0.2) is 11.7 Å². The first-order chi connectivity index (χ1) is 18.5. The van der Waals surface area contributed by atoms with Gasteiger partial charge >= 0.3 is 0 Å². The fraction of sp³-hybridized carbons (Fsp3) is 0.296. The van der Waals surface area contributed by atoms with Crippen LogP contribution in [0.2, 0.25) is 0 Å². The second-order valence-corrected chi connectivity index (χ2v) is 9.61. The molecule has 0 atom stereocenters. The van der Waals surface area contributed by atoms with Gasteiger partial charge in [0.1, 0.15) is 6.54 Å². The van der Waals surface area contributed by atoms with E-state index in [9.17, 15) is 14.4 Å². The molecule has 0 fully saturated rings. The number of hydrogen-bond donors (Lipinski definition) is 6. The van der Waals surface area contributed by atoms with Crippen molar-refractivity contribution < 1.29 is 14.8 Å². The van der Waals surface area contributed by atoms with Gasteiger partial charge < -0.3 is 32.6 Å². The zero-order chi connectivity index (χ0) is 28.7. The first-order valence-electron chi connectivity index (χ1n) is 12.4. The van der Waals surface area contributed by atoms with Crippen molar-refractivity contribution in [1.29, 1.82) is 0 Å². The monoisotopic (exact) mass is 534 g/mol. The number of hydrogen-bond acceptors (Lipinski definition) is 8. The molecule has 0 aliphatic rings. The predicted molar refractivity (Wildman–Crippen MR) is 151 cm³/mol. The fourth-order valence-electron chi connectivity index (χ4n) is 3.78. The summed E-state index contributed by atoms with van der Waals surface area (Å²) in [6, 6.07) is 11.4. The van der Waals surface area contributed by atoms with E-state index in [4.69, 9.17) is 16.7 Å². The maximum atomic E-state index is 13.4. The number of amides is 2. The van der Waals surface area contributed by atoms with E-state index in [-0.39, 0.29) is 42.7 Å². The molecule has 2 amide bonds. The van der Waals surface area contributed by atoms with E-state index in [2.05, 4.69) is 26.1 Å². The molecule has 0 radical (unpaired) electrons. The van der Waals surface area contributed by atoms with Crippen molar-refractivity contribution in [2.24, 2.45) is 10.9 Å². The van der Waals surface area contributed by atoms with Crippen LogP contribution in [0.15, 0.2) is 58.6 Å². The molecule has 3 aromatic rings. The molecule has 0 aliphatic heterocycles. The summed E-state index contributed by atoms with van der Waals surface area (Å²) in [6.45, 7) is 7.33. The molecule has 12 heteroatoms. The molecule has 12 nitrogen and oxygen atoms in total. The van der Waals surface area contributed by atoms with Gasteiger partial charge in [-0.2, -0.15) is 0 Å². The van der Waals surface area contributed by atoms with E-state index in [1.165, 1.54) is 10.8 Å². The molecule has 206 valence electrons. The van der Waals surface area contributed by atoms with Crippen molar-refractivity contribution in [3.63, 3.8) is 0 Å². The van der Waals surface area contributed by atoms with Crippen LogP contribution in [0, 0.1) is 0 Å². The Morgan fingerprint density at radius 2 is 1.74 bits per heavy atom. The molecule has 8 N–H and O–H groups in total. The number of aromatic nitrogens is 2. The Morgan fingerprint density at radius 3 is 2.36 bits per heavy atom. The van der Waals surface area contributed by atoms with Crippen molar-refractivity contribution in [3.8, 4) is 11.3 Å². The Bertz CT molecular complexity index is 1430. The second kappa shape index (κ2) is 12.6.